The first-order valence-corrected chi connectivity index (χ1v) is 25.3. The number of rotatable bonds is 6. The minimum Gasteiger partial charge on any atom is -0.368 e. The molecule has 2 aliphatic heterocycles. The van der Waals surface area contributed by atoms with Crippen LogP contribution in [0.15, 0.2) is 108 Å². The number of fused-ring (bicyclic) bond motifs is 6. The van der Waals surface area contributed by atoms with Gasteiger partial charge in [-0.05, 0) is 156 Å². The molecule has 2 nitrogen and oxygen atoms in total. The lowest BCUT2D eigenvalue weighted by atomic mass is 9.67. The summed E-state index contributed by atoms with van der Waals surface area (Å²) in [6.45, 7) is 4.89. The molecule has 1 saturated carbocycles. The van der Waals surface area contributed by atoms with Crippen LogP contribution in [0, 0.1) is 76.9 Å². The number of allylic oxidation sites excluding steroid dienone is 13. The van der Waals surface area contributed by atoms with Gasteiger partial charge in [0, 0.05) is 59.1 Å². The highest BCUT2D eigenvalue weighted by molar-refractivity contribution is 5.39. The molecule has 0 aromatic carbocycles. The lowest BCUT2D eigenvalue weighted by Gasteiger charge is -2.45. The van der Waals surface area contributed by atoms with Crippen LogP contribution in [0.1, 0.15) is 136 Å². The van der Waals surface area contributed by atoms with Gasteiger partial charge in [0.15, 0.2) is 0 Å². The van der Waals surface area contributed by atoms with Gasteiger partial charge in [-0.1, -0.05) is 124 Å². The first-order chi connectivity index (χ1) is 28.6. The van der Waals surface area contributed by atoms with Crippen molar-refractivity contribution in [2.75, 3.05) is 0 Å². The first kappa shape index (κ1) is 38.2. The maximum atomic E-state index is 3.16. The summed E-state index contributed by atoms with van der Waals surface area (Å²) in [5, 5.41) is 0. The second-order valence-corrected chi connectivity index (χ2v) is 22.0. The molecule has 0 bridgehead atoms. The largest absolute Gasteiger partial charge is 0.368 e. The van der Waals surface area contributed by atoms with Crippen LogP contribution < -0.4 is 0 Å². The first-order valence-electron chi connectivity index (χ1n) is 25.3. The van der Waals surface area contributed by atoms with E-state index in [1.165, 1.54) is 122 Å². The molecule has 16 atom stereocenters. The van der Waals surface area contributed by atoms with Crippen LogP contribution in [0.3, 0.4) is 0 Å². The van der Waals surface area contributed by atoms with Crippen LogP contribution in [0.25, 0.3) is 0 Å². The minimum atomic E-state index is 0.516. The van der Waals surface area contributed by atoms with E-state index in [2.05, 4.69) is 115 Å². The van der Waals surface area contributed by atoms with Gasteiger partial charge in [-0.15, -0.1) is 0 Å². The van der Waals surface area contributed by atoms with Crippen LogP contribution in [0.5, 0.6) is 0 Å². The molecule has 0 N–H and O–H groups in total. The molecule has 0 aromatic heterocycles. The van der Waals surface area contributed by atoms with Crippen LogP contribution in [-0.4, -0.2) is 34.0 Å². The summed E-state index contributed by atoms with van der Waals surface area (Å²) in [5.74, 6) is 9.46. The third-order valence-electron chi connectivity index (χ3n) is 18.5. The van der Waals surface area contributed by atoms with Crippen molar-refractivity contribution in [3.63, 3.8) is 0 Å². The number of hydrogen-bond acceptors (Lipinski definition) is 2. The summed E-state index contributed by atoms with van der Waals surface area (Å²) in [6.07, 6.45) is 66.1. The van der Waals surface area contributed by atoms with Crippen molar-refractivity contribution in [2.45, 2.75) is 160 Å². The molecular formula is C56H76N2. The molecule has 11 aliphatic rings. The van der Waals surface area contributed by atoms with Crippen molar-refractivity contribution < 1.29 is 0 Å². The van der Waals surface area contributed by atoms with Crippen LogP contribution in [0.4, 0.5) is 0 Å². The molecule has 0 spiro atoms. The lowest BCUT2D eigenvalue weighted by Crippen LogP contribution is -2.43. The highest BCUT2D eigenvalue weighted by Gasteiger charge is 2.53. The number of nitrogens with zero attached hydrogens (tertiary/aromatic N) is 2. The van der Waals surface area contributed by atoms with E-state index in [4.69, 9.17) is 0 Å². The van der Waals surface area contributed by atoms with E-state index in [-0.39, 0.29) is 0 Å². The van der Waals surface area contributed by atoms with Gasteiger partial charge in [0.1, 0.15) is 0 Å². The van der Waals surface area contributed by atoms with Gasteiger partial charge in [0.25, 0.3) is 0 Å². The van der Waals surface area contributed by atoms with Gasteiger partial charge in [-0.25, -0.2) is 0 Å². The lowest BCUT2D eigenvalue weighted by molar-refractivity contribution is 0.138. The van der Waals surface area contributed by atoms with Gasteiger partial charge in [0.05, 0.1) is 6.04 Å². The van der Waals surface area contributed by atoms with Crippen molar-refractivity contribution in [2.24, 2.45) is 76.9 Å². The molecular weight excluding hydrogens is 701 g/mol. The SMILES string of the molecule is CC1C=CC(C2C=C(N3C4C=CC(C5C=CC6C7C=CC(C)CC7N(C7=CC(C8CCCCC8)CC(C8CC=CCC8)C7)C6C5)=CC4C4C=CCCC43)CCC2)CC1. The van der Waals surface area contributed by atoms with E-state index < -0.39 is 0 Å². The second kappa shape index (κ2) is 16.3. The molecule has 2 heterocycles. The fourth-order valence-electron chi connectivity index (χ4n) is 15.6. The highest BCUT2D eigenvalue weighted by Crippen LogP contribution is 2.55. The van der Waals surface area contributed by atoms with E-state index in [1.54, 1.807) is 17.0 Å². The summed E-state index contributed by atoms with van der Waals surface area (Å²) in [7, 11) is 0. The van der Waals surface area contributed by atoms with E-state index in [9.17, 15) is 0 Å². The van der Waals surface area contributed by atoms with Gasteiger partial charge < -0.3 is 9.80 Å². The molecule has 58 heavy (non-hydrogen) atoms. The Hall–Kier alpha value is -2.74. The molecule has 2 heteroatoms. The summed E-state index contributed by atoms with van der Waals surface area (Å²) in [6, 6.07) is 2.46. The normalized spacial score (nSPS) is 45.9. The Labute approximate surface area is 353 Å². The maximum Gasteiger partial charge on any atom is 0.0545 e. The number of likely N-dealkylation sites (tertiary alicyclic amines) is 2. The highest BCUT2D eigenvalue weighted by atomic mass is 15.2. The average Bonchev–Trinajstić information content (AvgIpc) is 3.78. The molecule has 0 radical (unpaired) electrons. The summed E-state index contributed by atoms with van der Waals surface area (Å²) in [5.41, 5.74) is 5.13. The Morgan fingerprint density at radius 1 is 0.483 bits per heavy atom. The van der Waals surface area contributed by atoms with Crippen molar-refractivity contribution in [3.05, 3.63) is 108 Å². The van der Waals surface area contributed by atoms with Crippen LogP contribution >= 0.6 is 0 Å². The zero-order chi connectivity index (χ0) is 38.7. The molecule has 310 valence electrons. The molecule has 2 saturated heterocycles. The van der Waals surface area contributed by atoms with Crippen molar-refractivity contribution in [1.82, 2.24) is 9.80 Å². The molecule has 11 rings (SSSR count). The monoisotopic (exact) mass is 777 g/mol. The van der Waals surface area contributed by atoms with Crippen molar-refractivity contribution in [3.8, 4) is 0 Å². The molecule has 9 aliphatic carbocycles. The van der Waals surface area contributed by atoms with Gasteiger partial charge in [-0.3, -0.25) is 0 Å². The second-order valence-electron chi connectivity index (χ2n) is 22.0. The quantitative estimate of drug-likeness (QED) is 0.248. The standard InChI is InChI=1S/C56H76N2/c1-37-20-23-41(24-21-37)42-16-11-17-47(32-42)57-53-19-10-9-18-49(53)52-35-43(26-29-54(52)57)44-25-28-51-50-27-22-38(2)30-55(50)58(56(51)36-44)48-33-45(39-12-5-3-6-13-39)31-46(34-48)40-14-7-4-8-15-40/h3,5,9,18,20,22-23,25-29,32,34-35,37-42,44-46,49-56H,4,6-8,10-17,19,21,24,30-31,33,36H2,1-2H3. The van der Waals surface area contributed by atoms with Crippen LogP contribution in [0.2, 0.25) is 0 Å². The Balaban J connectivity index is 0.882. The predicted molar refractivity (Wildman–Crippen MR) is 242 cm³/mol. The Morgan fingerprint density at radius 3 is 2.14 bits per heavy atom. The third kappa shape index (κ3) is 7.09. The molecule has 3 fully saturated rings. The van der Waals surface area contributed by atoms with Gasteiger partial charge in [-0.2, -0.15) is 0 Å². The number of hydrogen-bond donors (Lipinski definition) is 0. The summed E-state index contributed by atoms with van der Waals surface area (Å²) in [4.78, 5) is 6.15. The summed E-state index contributed by atoms with van der Waals surface area (Å²) >= 11 is 0. The summed E-state index contributed by atoms with van der Waals surface area (Å²) < 4.78 is 0. The zero-order valence-corrected chi connectivity index (χ0v) is 36.3. The van der Waals surface area contributed by atoms with Gasteiger partial charge >= 0.3 is 0 Å². The topological polar surface area (TPSA) is 6.48 Å². The predicted octanol–water partition coefficient (Wildman–Crippen LogP) is 13.7. The third-order valence-corrected chi connectivity index (χ3v) is 18.5. The fourth-order valence-corrected chi connectivity index (χ4v) is 15.6. The molecule has 0 aromatic rings. The average molecular weight is 777 g/mol. The van der Waals surface area contributed by atoms with Crippen molar-refractivity contribution in [1.29, 1.82) is 0 Å². The van der Waals surface area contributed by atoms with Crippen molar-refractivity contribution >= 4 is 0 Å². The van der Waals surface area contributed by atoms with E-state index in [0.717, 1.165) is 41.4 Å². The smallest absolute Gasteiger partial charge is 0.0545 e. The Morgan fingerprint density at radius 2 is 1.29 bits per heavy atom. The molecule has 16 unspecified atom stereocenters. The Bertz CT molecular complexity index is 1790. The van der Waals surface area contributed by atoms with E-state index in [1.807, 2.05) is 0 Å². The van der Waals surface area contributed by atoms with Gasteiger partial charge in [0.2, 0.25) is 0 Å². The van der Waals surface area contributed by atoms with Crippen LogP contribution in [-0.2, 0) is 0 Å². The minimum absolute atomic E-state index is 0.516. The maximum absolute atomic E-state index is 3.16. The zero-order valence-electron chi connectivity index (χ0n) is 36.3. The van der Waals surface area contributed by atoms with E-state index >= 15 is 0 Å². The molecule has 0 amide bonds. The van der Waals surface area contributed by atoms with E-state index in [0.29, 0.717) is 59.7 Å². The fraction of sp³-hybridized carbons (Fsp3) is 0.679. The Kier molecular flexibility index (Phi) is 10.7.